The van der Waals surface area contributed by atoms with Gasteiger partial charge in [-0.2, -0.15) is 0 Å². The standard InChI is InChI=1S/C16H28N2O3/c1-16(2,3)21-15(20)18-9-13(14(19)10-18)17-7-11-5-4-6-12(11)8-17/h11-14,19H,4-10H2,1-3H3/t11?,12?,13-,14-/m1/s1. The lowest BCUT2D eigenvalue weighted by atomic mass is 10.0. The van der Waals surface area contributed by atoms with Crippen LogP contribution in [0.4, 0.5) is 4.79 Å². The van der Waals surface area contributed by atoms with E-state index in [9.17, 15) is 9.90 Å². The van der Waals surface area contributed by atoms with Crippen molar-refractivity contribution < 1.29 is 14.6 Å². The molecule has 1 saturated carbocycles. The van der Waals surface area contributed by atoms with E-state index in [1.807, 2.05) is 20.8 Å². The van der Waals surface area contributed by atoms with E-state index in [0.717, 1.165) is 24.9 Å². The number of amides is 1. The van der Waals surface area contributed by atoms with E-state index in [0.29, 0.717) is 13.1 Å². The zero-order valence-electron chi connectivity index (χ0n) is 13.4. The fourth-order valence-corrected chi connectivity index (χ4v) is 4.15. The monoisotopic (exact) mass is 296 g/mol. The van der Waals surface area contributed by atoms with Crippen molar-refractivity contribution in [3.8, 4) is 0 Å². The summed E-state index contributed by atoms with van der Waals surface area (Å²) in [6.45, 7) is 8.79. The molecule has 3 aliphatic rings. The van der Waals surface area contributed by atoms with E-state index >= 15 is 0 Å². The van der Waals surface area contributed by atoms with Crippen LogP contribution in [0.1, 0.15) is 40.0 Å². The average molecular weight is 296 g/mol. The first-order valence-corrected chi connectivity index (χ1v) is 8.23. The second kappa shape index (κ2) is 5.43. The van der Waals surface area contributed by atoms with Gasteiger partial charge in [0.15, 0.2) is 0 Å². The molecule has 1 aliphatic carbocycles. The Kier molecular flexibility index (Phi) is 3.91. The van der Waals surface area contributed by atoms with Crippen LogP contribution in [0.3, 0.4) is 0 Å². The normalized spacial score (nSPS) is 37.0. The number of hydrogen-bond donors (Lipinski definition) is 1. The fraction of sp³-hybridized carbons (Fsp3) is 0.938. The van der Waals surface area contributed by atoms with Crippen LogP contribution in [-0.4, -0.2) is 64.9 Å². The highest BCUT2D eigenvalue weighted by atomic mass is 16.6. The number of aliphatic hydroxyl groups is 1. The maximum atomic E-state index is 12.1. The first-order chi connectivity index (χ1) is 9.83. The molecule has 2 unspecified atom stereocenters. The van der Waals surface area contributed by atoms with Crippen molar-refractivity contribution in [2.45, 2.75) is 57.8 Å². The highest BCUT2D eigenvalue weighted by Crippen LogP contribution is 2.39. The van der Waals surface area contributed by atoms with Crippen molar-refractivity contribution in [1.29, 1.82) is 0 Å². The topological polar surface area (TPSA) is 53.0 Å². The molecular weight excluding hydrogens is 268 g/mol. The molecule has 120 valence electrons. The lowest BCUT2D eigenvalue weighted by Crippen LogP contribution is -2.42. The average Bonchev–Trinajstić information content (AvgIpc) is 2.98. The predicted molar refractivity (Wildman–Crippen MR) is 80.0 cm³/mol. The number of aliphatic hydroxyl groups excluding tert-OH is 1. The van der Waals surface area contributed by atoms with Crippen molar-refractivity contribution >= 4 is 6.09 Å². The molecule has 2 saturated heterocycles. The summed E-state index contributed by atoms with van der Waals surface area (Å²) in [4.78, 5) is 16.2. The van der Waals surface area contributed by atoms with E-state index < -0.39 is 11.7 Å². The minimum atomic E-state index is -0.481. The molecule has 3 rings (SSSR count). The van der Waals surface area contributed by atoms with Gasteiger partial charge in [0.1, 0.15) is 5.60 Å². The van der Waals surface area contributed by atoms with Crippen LogP contribution < -0.4 is 0 Å². The molecule has 5 heteroatoms. The maximum absolute atomic E-state index is 12.1. The van der Waals surface area contributed by atoms with Crippen LogP contribution in [0.15, 0.2) is 0 Å². The van der Waals surface area contributed by atoms with Gasteiger partial charge in [-0.3, -0.25) is 4.90 Å². The summed E-state index contributed by atoms with van der Waals surface area (Å²) in [7, 11) is 0. The van der Waals surface area contributed by atoms with E-state index in [1.54, 1.807) is 4.90 Å². The molecular formula is C16H28N2O3. The summed E-state index contributed by atoms with van der Waals surface area (Å²) in [6.07, 6.45) is 3.28. The SMILES string of the molecule is CC(C)(C)OC(=O)N1C[C@@H](O)[C@H](N2CC3CCCC3C2)C1. The van der Waals surface area contributed by atoms with Gasteiger partial charge in [0.25, 0.3) is 0 Å². The molecule has 2 heterocycles. The Morgan fingerprint density at radius 3 is 2.29 bits per heavy atom. The Labute approximate surface area is 127 Å². The molecule has 1 N–H and O–H groups in total. The number of nitrogens with zero attached hydrogens (tertiary/aromatic N) is 2. The zero-order valence-corrected chi connectivity index (χ0v) is 13.4. The molecule has 2 aliphatic heterocycles. The summed E-state index contributed by atoms with van der Waals surface area (Å²) < 4.78 is 5.41. The van der Waals surface area contributed by atoms with Gasteiger partial charge < -0.3 is 14.7 Å². The van der Waals surface area contributed by atoms with Gasteiger partial charge in [-0.15, -0.1) is 0 Å². The Hall–Kier alpha value is -0.810. The molecule has 0 spiro atoms. The minimum absolute atomic E-state index is 0.0862. The Morgan fingerprint density at radius 1 is 1.10 bits per heavy atom. The summed E-state index contributed by atoms with van der Waals surface area (Å²) in [5.41, 5.74) is -0.481. The third-order valence-electron chi connectivity index (χ3n) is 5.13. The molecule has 1 amide bonds. The molecule has 5 nitrogen and oxygen atoms in total. The van der Waals surface area contributed by atoms with Crippen LogP contribution in [0.25, 0.3) is 0 Å². The number of fused-ring (bicyclic) bond motifs is 1. The maximum Gasteiger partial charge on any atom is 0.410 e. The minimum Gasteiger partial charge on any atom is -0.444 e. The highest BCUT2D eigenvalue weighted by Gasteiger charge is 2.45. The van der Waals surface area contributed by atoms with E-state index in [-0.39, 0.29) is 12.1 Å². The molecule has 0 bridgehead atoms. The third kappa shape index (κ3) is 3.19. The molecule has 0 aromatic carbocycles. The van der Waals surface area contributed by atoms with Gasteiger partial charge in [0, 0.05) is 19.6 Å². The molecule has 21 heavy (non-hydrogen) atoms. The van der Waals surface area contributed by atoms with Crippen molar-refractivity contribution in [1.82, 2.24) is 9.80 Å². The first-order valence-electron chi connectivity index (χ1n) is 8.23. The Morgan fingerprint density at radius 2 is 1.71 bits per heavy atom. The third-order valence-corrected chi connectivity index (χ3v) is 5.13. The summed E-state index contributed by atoms with van der Waals surface area (Å²) in [6, 6.07) is 0.0862. The first kappa shape index (κ1) is 15.1. The van der Waals surface area contributed by atoms with Crippen LogP contribution >= 0.6 is 0 Å². The number of β-amino-alcohol motifs (C(OH)–C–C–N with tert-alkyl or cyclic N) is 1. The molecule has 0 radical (unpaired) electrons. The van der Waals surface area contributed by atoms with Gasteiger partial charge in [0.2, 0.25) is 0 Å². The fourth-order valence-electron chi connectivity index (χ4n) is 4.15. The largest absolute Gasteiger partial charge is 0.444 e. The van der Waals surface area contributed by atoms with E-state index in [4.69, 9.17) is 4.74 Å². The number of carbonyl (C=O) groups excluding carboxylic acids is 1. The second-order valence-corrected chi connectivity index (χ2v) is 7.92. The van der Waals surface area contributed by atoms with Gasteiger partial charge >= 0.3 is 6.09 Å². The van der Waals surface area contributed by atoms with Crippen molar-refractivity contribution in [3.05, 3.63) is 0 Å². The van der Waals surface area contributed by atoms with Crippen LogP contribution in [-0.2, 0) is 4.74 Å². The Balaban J connectivity index is 1.58. The quantitative estimate of drug-likeness (QED) is 0.800. The molecule has 0 aromatic rings. The van der Waals surface area contributed by atoms with Crippen LogP contribution in [0, 0.1) is 11.8 Å². The molecule has 0 aromatic heterocycles. The zero-order chi connectivity index (χ0) is 15.2. The smallest absolute Gasteiger partial charge is 0.410 e. The van der Waals surface area contributed by atoms with Crippen LogP contribution in [0.2, 0.25) is 0 Å². The summed E-state index contributed by atoms with van der Waals surface area (Å²) in [5.74, 6) is 1.63. The van der Waals surface area contributed by atoms with Crippen LogP contribution in [0.5, 0.6) is 0 Å². The van der Waals surface area contributed by atoms with Crippen molar-refractivity contribution in [2.24, 2.45) is 11.8 Å². The van der Waals surface area contributed by atoms with Crippen molar-refractivity contribution in [2.75, 3.05) is 26.2 Å². The number of likely N-dealkylation sites (tertiary alicyclic amines) is 2. The van der Waals surface area contributed by atoms with Gasteiger partial charge in [-0.05, 0) is 45.4 Å². The molecule has 3 fully saturated rings. The number of carbonyl (C=O) groups is 1. The van der Waals surface area contributed by atoms with Gasteiger partial charge in [-0.1, -0.05) is 6.42 Å². The van der Waals surface area contributed by atoms with Crippen molar-refractivity contribution in [3.63, 3.8) is 0 Å². The molecule has 4 atom stereocenters. The lowest BCUT2D eigenvalue weighted by Gasteiger charge is -2.27. The summed E-state index contributed by atoms with van der Waals surface area (Å²) in [5, 5.41) is 10.3. The number of rotatable bonds is 1. The lowest BCUT2D eigenvalue weighted by molar-refractivity contribution is 0.0269. The second-order valence-electron chi connectivity index (χ2n) is 7.92. The predicted octanol–water partition coefficient (Wildman–Crippen LogP) is 1.70. The number of ether oxygens (including phenoxy) is 1. The Bertz CT molecular complexity index is 395. The highest BCUT2D eigenvalue weighted by molar-refractivity contribution is 5.68. The number of hydrogen-bond acceptors (Lipinski definition) is 4. The van der Waals surface area contributed by atoms with Gasteiger partial charge in [0.05, 0.1) is 18.7 Å². The summed E-state index contributed by atoms with van der Waals surface area (Å²) >= 11 is 0. The van der Waals surface area contributed by atoms with E-state index in [1.165, 1.54) is 19.3 Å². The van der Waals surface area contributed by atoms with Gasteiger partial charge in [-0.25, -0.2) is 4.79 Å². The van der Waals surface area contributed by atoms with E-state index in [2.05, 4.69) is 4.90 Å².